The molecule has 0 saturated carbocycles. The van der Waals surface area contributed by atoms with Gasteiger partial charge in [0.1, 0.15) is 12.0 Å². The average Bonchev–Trinajstić information content (AvgIpc) is 2.40. The average molecular weight is 265 g/mol. The minimum Gasteiger partial charge on any atom is -0.494 e. The van der Waals surface area contributed by atoms with Gasteiger partial charge in [-0.05, 0) is 43.4 Å². The summed E-state index contributed by atoms with van der Waals surface area (Å²) < 4.78 is 5.69. The Morgan fingerprint density at radius 1 is 1.11 bits per heavy atom. The minimum absolute atomic E-state index is 0.648. The first-order valence-electron chi connectivity index (χ1n) is 7.37. The fraction of sp³-hybridized carbons (Fsp3) is 0.625. The van der Waals surface area contributed by atoms with Crippen LogP contribution >= 0.6 is 0 Å². The van der Waals surface area contributed by atoms with Crippen LogP contribution in [0.15, 0.2) is 24.3 Å². The van der Waals surface area contributed by atoms with Gasteiger partial charge in [-0.2, -0.15) is 0 Å². The summed E-state index contributed by atoms with van der Waals surface area (Å²) in [4.78, 5) is 0. The van der Waals surface area contributed by atoms with E-state index in [1.165, 1.54) is 24.8 Å². The van der Waals surface area contributed by atoms with Crippen LogP contribution in [0.4, 0.5) is 0 Å². The van der Waals surface area contributed by atoms with E-state index in [0.29, 0.717) is 6.42 Å². The number of unbranched alkanes of at least 4 members (excludes halogenated alkanes) is 3. The fourth-order valence-electron chi connectivity index (χ4n) is 1.99. The van der Waals surface area contributed by atoms with Crippen LogP contribution in [0.1, 0.15) is 51.0 Å². The van der Waals surface area contributed by atoms with E-state index in [1.807, 2.05) is 12.1 Å². The first kappa shape index (κ1) is 16.0. The molecule has 0 heterocycles. The number of aliphatic hydroxyl groups is 1. The summed E-state index contributed by atoms with van der Waals surface area (Å²) in [6, 6.07) is 8.22. The molecule has 1 aromatic rings. The van der Waals surface area contributed by atoms with Crippen molar-refractivity contribution in [1.29, 1.82) is 0 Å². The number of nitrogens with two attached hydrogens (primary N) is 1. The van der Waals surface area contributed by atoms with Gasteiger partial charge < -0.3 is 15.6 Å². The smallest absolute Gasteiger partial charge is 0.119 e. The zero-order valence-corrected chi connectivity index (χ0v) is 12.0. The summed E-state index contributed by atoms with van der Waals surface area (Å²) in [5.74, 6) is 0.944. The van der Waals surface area contributed by atoms with E-state index in [-0.39, 0.29) is 0 Å². The van der Waals surface area contributed by atoms with Crippen molar-refractivity contribution < 1.29 is 9.84 Å². The van der Waals surface area contributed by atoms with Crippen molar-refractivity contribution in [3.05, 3.63) is 29.8 Å². The van der Waals surface area contributed by atoms with Crippen LogP contribution in [-0.2, 0) is 6.42 Å². The molecule has 19 heavy (non-hydrogen) atoms. The zero-order chi connectivity index (χ0) is 13.9. The number of hydrogen-bond donors (Lipinski definition) is 2. The largest absolute Gasteiger partial charge is 0.494 e. The quantitative estimate of drug-likeness (QED) is 0.504. The topological polar surface area (TPSA) is 55.5 Å². The van der Waals surface area contributed by atoms with Crippen molar-refractivity contribution in [2.45, 2.75) is 58.1 Å². The molecular formula is C16H27NO2. The van der Waals surface area contributed by atoms with Crippen molar-refractivity contribution >= 4 is 0 Å². The SMILES string of the molecule is CCCCCCOc1ccc(CCCC(N)O)cc1. The summed E-state index contributed by atoms with van der Waals surface area (Å²) in [7, 11) is 0. The molecule has 0 aliphatic rings. The molecule has 108 valence electrons. The first-order chi connectivity index (χ1) is 9.22. The van der Waals surface area contributed by atoms with Crippen molar-refractivity contribution in [2.24, 2.45) is 5.73 Å². The van der Waals surface area contributed by atoms with Crippen LogP contribution in [0, 0.1) is 0 Å². The number of ether oxygens (including phenoxy) is 1. The van der Waals surface area contributed by atoms with Gasteiger partial charge in [0.15, 0.2) is 0 Å². The lowest BCUT2D eigenvalue weighted by Gasteiger charge is -2.08. The Kier molecular flexibility index (Phi) is 8.26. The molecule has 0 saturated heterocycles. The maximum absolute atomic E-state index is 8.99. The summed E-state index contributed by atoms with van der Waals surface area (Å²) >= 11 is 0. The highest BCUT2D eigenvalue weighted by molar-refractivity contribution is 5.27. The molecule has 0 aliphatic heterocycles. The molecule has 0 spiro atoms. The van der Waals surface area contributed by atoms with E-state index in [0.717, 1.165) is 31.6 Å². The molecule has 1 aromatic carbocycles. The Morgan fingerprint density at radius 2 is 1.84 bits per heavy atom. The molecule has 3 nitrogen and oxygen atoms in total. The lowest BCUT2D eigenvalue weighted by Crippen LogP contribution is -2.18. The number of aliphatic hydroxyl groups excluding tert-OH is 1. The molecule has 0 bridgehead atoms. The van der Waals surface area contributed by atoms with Gasteiger partial charge in [0.2, 0.25) is 0 Å². The van der Waals surface area contributed by atoms with Crippen LogP contribution in [0.25, 0.3) is 0 Å². The standard InChI is InChI=1S/C16H27NO2/c1-2-3-4-5-13-19-15-11-9-14(10-12-15)7-6-8-16(17)18/h9-12,16,18H,2-8,13,17H2,1H3. The van der Waals surface area contributed by atoms with E-state index >= 15 is 0 Å². The minimum atomic E-state index is -0.689. The Labute approximate surface area is 116 Å². The summed E-state index contributed by atoms with van der Waals surface area (Å²) in [5.41, 5.74) is 6.57. The third-order valence-corrected chi connectivity index (χ3v) is 3.16. The molecule has 3 N–H and O–H groups in total. The summed E-state index contributed by atoms with van der Waals surface area (Å²) in [6.07, 6.45) is 6.74. The molecule has 0 amide bonds. The highest BCUT2D eigenvalue weighted by atomic mass is 16.5. The molecule has 3 heteroatoms. The number of hydrogen-bond acceptors (Lipinski definition) is 3. The molecule has 0 aromatic heterocycles. The van der Waals surface area contributed by atoms with Crippen molar-refractivity contribution in [1.82, 2.24) is 0 Å². The van der Waals surface area contributed by atoms with Crippen molar-refractivity contribution in [3.63, 3.8) is 0 Å². The normalized spacial score (nSPS) is 12.4. The molecular weight excluding hydrogens is 238 g/mol. The van der Waals surface area contributed by atoms with Crippen molar-refractivity contribution in [3.8, 4) is 5.75 Å². The summed E-state index contributed by atoms with van der Waals surface area (Å²) in [5, 5.41) is 8.99. The van der Waals surface area contributed by atoms with Gasteiger partial charge in [0.05, 0.1) is 6.61 Å². The number of rotatable bonds is 10. The summed E-state index contributed by atoms with van der Waals surface area (Å²) in [6.45, 7) is 3.02. The Morgan fingerprint density at radius 3 is 2.47 bits per heavy atom. The Bertz CT molecular complexity index is 322. The van der Waals surface area contributed by atoms with Crippen LogP contribution in [0.2, 0.25) is 0 Å². The molecule has 0 fully saturated rings. The van der Waals surface area contributed by atoms with E-state index in [9.17, 15) is 0 Å². The van der Waals surface area contributed by atoms with Crippen molar-refractivity contribution in [2.75, 3.05) is 6.61 Å². The zero-order valence-electron chi connectivity index (χ0n) is 12.0. The molecule has 1 atom stereocenters. The maximum Gasteiger partial charge on any atom is 0.119 e. The second-order valence-corrected chi connectivity index (χ2v) is 5.01. The number of aryl methyl sites for hydroxylation is 1. The Hall–Kier alpha value is -1.06. The van der Waals surface area contributed by atoms with Crippen LogP contribution in [0.5, 0.6) is 5.75 Å². The second kappa shape index (κ2) is 9.82. The van der Waals surface area contributed by atoms with Gasteiger partial charge >= 0.3 is 0 Å². The molecule has 1 unspecified atom stereocenters. The van der Waals surface area contributed by atoms with E-state index in [4.69, 9.17) is 15.6 Å². The first-order valence-corrected chi connectivity index (χ1v) is 7.37. The third kappa shape index (κ3) is 7.85. The van der Waals surface area contributed by atoms with Crippen LogP contribution in [0.3, 0.4) is 0 Å². The van der Waals surface area contributed by atoms with Crippen LogP contribution in [-0.4, -0.2) is 17.9 Å². The van der Waals surface area contributed by atoms with E-state index in [1.54, 1.807) is 0 Å². The maximum atomic E-state index is 8.99. The molecule has 1 rings (SSSR count). The van der Waals surface area contributed by atoms with Gasteiger partial charge in [0, 0.05) is 0 Å². The van der Waals surface area contributed by atoms with Crippen LogP contribution < -0.4 is 10.5 Å². The van der Waals surface area contributed by atoms with E-state index in [2.05, 4.69) is 19.1 Å². The Balaban J connectivity index is 2.19. The number of benzene rings is 1. The van der Waals surface area contributed by atoms with Gasteiger partial charge in [-0.3, -0.25) is 0 Å². The lowest BCUT2D eigenvalue weighted by molar-refractivity contribution is 0.169. The fourth-order valence-corrected chi connectivity index (χ4v) is 1.99. The highest BCUT2D eigenvalue weighted by Gasteiger charge is 1.99. The van der Waals surface area contributed by atoms with E-state index < -0.39 is 6.23 Å². The molecule has 0 aliphatic carbocycles. The second-order valence-electron chi connectivity index (χ2n) is 5.01. The monoisotopic (exact) mass is 265 g/mol. The molecule has 0 radical (unpaired) electrons. The van der Waals surface area contributed by atoms with Gasteiger partial charge in [-0.1, -0.05) is 38.3 Å². The predicted octanol–water partition coefficient (Wildman–Crippen LogP) is 3.25. The highest BCUT2D eigenvalue weighted by Crippen LogP contribution is 2.14. The van der Waals surface area contributed by atoms with Gasteiger partial charge in [0.25, 0.3) is 0 Å². The lowest BCUT2D eigenvalue weighted by atomic mass is 10.1. The van der Waals surface area contributed by atoms with Gasteiger partial charge in [-0.25, -0.2) is 0 Å². The third-order valence-electron chi connectivity index (χ3n) is 3.16. The van der Waals surface area contributed by atoms with Gasteiger partial charge in [-0.15, -0.1) is 0 Å². The predicted molar refractivity (Wildman–Crippen MR) is 79.2 cm³/mol.